The molecule has 0 bridgehead atoms. The smallest absolute Gasteiger partial charge is 0.548 e. The number of carbonyl (C=O) groups excluding carboxylic acids is 2. The molecule has 6 nitrogen and oxygen atoms in total. The summed E-state index contributed by atoms with van der Waals surface area (Å²) in [7, 11) is 0. The number of aryl methyl sites for hydroxylation is 2. The number of benzene rings is 2. The number of hydrogen-bond donors (Lipinski definition) is 1. The van der Waals surface area contributed by atoms with Gasteiger partial charge in [0.1, 0.15) is 18.1 Å². The normalized spacial score (nSPS) is 11.5. The molecular formula is C26H28LiNO5S. The maximum absolute atomic E-state index is 13.1. The molecule has 1 amide bonds. The Morgan fingerprint density at radius 3 is 2.47 bits per heavy atom. The Labute approximate surface area is 216 Å². The van der Waals surface area contributed by atoms with E-state index in [9.17, 15) is 14.7 Å². The first-order valence-corrected chi connectivity index (χ1v) is 12.1. The van der Waals surface area contributed by atoms with E-state index < -0.39 is 17.9 Å². The van der Waals surface area contributed by atoms with E-state index in [1.54, 1.807) is 6.07 Å². The zero-order valence-corrected chi connectivity index (χ0v) is 20.9. The fourth-order valence-corrected chi connectivity index (χ4v) is 4.00. The fourth-order valence-electron chi connectivity index (χ4n) is 3.53. The molecule has 3 rings (SSSR count). The van der Waals surface area contributed by atoms with Crippen LogP contribution >= 0.6 is 11.8 Å². The van der Waals surface area contributed by atoms with Gasteiger partial charge >= 0.3 is 18.9 Å². The van der Waals surface area contributed by atoms with E-state index in [4.69, 9.17) is 9.15 Å². The van der Waals surface area contributed by atoms with Crippen LogP contribution in [0, 0.1) is 13.8 Å². The first kappa shape index (κ1) is 27.8. The zero-order chi connectivity index (χ0) is 23.8. The van der Waals surface area contributed by atoms with E-state index in [1.807, 2.05) is 68.6 Å². The second kappa shape index (κ2) is 13.5. The standard InChI is InChI=1S/C26H29NO5S.Li/c1-17-6-4-5-7-21(17)23-14-19(15-31-16-20-10-8-18(2)32-20)9-11-22(23)25(28)27-24(26(29)30)12-13-33-3;/h4-11,14,24H,12-13,15-16H2,1-3H3,(H,27,28)(H,29,30);/q;+1/p-1/t24-;/m0./s1. The SMILES string of the molecule is CSCC[C@H](NC(=O)c1ccc(COCc2ccc(C)o2)cc1-c1ccccc1C)C(=O)[O-].[Li+]. The Balaban J connectivity index is 0.00000408. The maximum Gasteiger partial charge on any atom is 1.00 e. The van der Waals surface area contributed by atoms with Gasteiger partial charge in [-0.2, -0.15) is 11.8 Å². The summed E-state index contributed by atoms with van der Waals surface area (Å²) in [5.41, 5.74) is 3.94. The van der Waals surface area contributed by atoms with Gasteiger partial charge in [-0.1, -0.05) is 30.3 Å². The van der Waals surface area contributed by atoms with Gasteiger partial charge in [0.25, 0.3) is 5.91 Å². The molecule has 2 aromatic carbocycles. The fraction of sp³-hybridized carbons (Fsp3) is 0.308. The van der Waals surface area contributed by atoms with Gasteiger partial charge in [0.05, 0.1) is 18.6 Å². The van der Waals surface area contributed by atoms with Gasteiger partial charge in [0, 0.05) is 5.56 Å². The number of carbonyl (C=O) groups is 2. The molecule has 1 aromatic heterocycles. The molecule has 1 heterocycles. The van der Waals surface area contributed by atoms with Gasteiger partial charge in [-0.05, 0) is 78.8 Å². The third-order valence-electron chi connectivity index (χ3n) is 5.27. The van der Waals surface area contributed by atoms with Crippen molar-refractivity contribution in [1.82, 2.24) is 5.32 Å². The van der Waals surface area contributed by atoms with Crippen molar-refractivity contribution in [3.8, 4) is 11.1 Å². The molecule has 174 valence electrons. The Bertz CT molecular complexity index is 1110. The monoisotopic (exact) mass is 473 g/mol. The predicted molar refractivity (Wildman–Crippen MR) is 128 cm³/mol. The van der Waals surface area contributed by atoms with Crippen molar-refractivity contribution in [1.29, 1.82) is 0 Å². The number of hydrogen-bond acceptors (Lipinski definition) is 6. The van der Waals surface area contributed by atoms with Crippen LogP contribution in [0.3, 0.4) is 0 Å². The molecule has 34 heavy (non-hydrogen) atoms. The average Bonchev–Trinajstić information content (AvgIpc) is 3.21. The number of carboxylic acids is 1. The van der Waals surface area contributed by atoms with Crippen LogP contribution in [0.1, 0.15) is 39.4 Å². The van der Waals surface area contributed by atoms with Gasteiger partial charge in [-0.3, -0.25) is 4.79 Å². The summed E-state index contributed by atoms with van der Waals surface area (Å²) in [6, 6.07) is 15.9. The van der Waals surface area contributed by atoms with Crippen molar-refractivity contribution in [3.05, 3.63) is 82.8 Å². The number of ether oxygens (including phenoxy) is 1. The molecule has 1 atom stereocenters. The van der Waals surface area contributed by atoms with E-state index in [0.29, 0.717) is 31.0 Å². The van der Waals surface area contributed by atoms with Crippen LogP contribution in [0.5, 0.6) is 0 Å². The molecule has 0 aliphatic heterocycles. The molecule has 0 aliphatic rings. The second-order valence-electron chi connectivity index (χ2n) is 7.83. The van der Waals surface area contributed by atoms with E-state index >= 15 is 0 Å². The van der Waals surface area contributed by atoms with Crippen molar-refractivity contribution in [2.24, 2.45) is 0 Å². The van der Waals surface area contributed by atoms with Gasteiger partial charge in [-0.25, -0.2) is 0 Å². The van der Waals surface area contributed by atoms with Crippen LogP contribution < -0.4 is 29.3 Å². The number of amides is 1. The minimum absolute atomic E-state index is 0. The number of thioether (sulfide) groups is 1. The number of rotatable bonds is 11. The van der Waals surface area contributed by atoms with Crippen LogP contribution in [0.4, 0.5) is 0 Å². The summed E-state index contributed by atoms with van der Waals surface area (Å²) in [4.78, 5) is 24.6. The summed E-state index contributed by atoms with van der Waals surface area (Å²) in [6.07, 6.45) is 2.19. The molecule has 1 N–H and O–H groups in total. The van der Waals surface area contributed by atoms with Gasteiger partial charge in [-0.15, -0.1) is 0 Å². The number of nitrogens with one attached hydrogen (secondary N) is 1. The Morgan fingerprint density at radius 1 is 1.06 bits per heavy atom. The Morgan fingerprint density at radius 2 is 1.82 bits per heavy atom. The van der Waals surface area contributed by atoms with Gasteiger partial charge in [0.2, 0.25) is 0 Å². The molecule has 8 heteroatoms. The van der Waals surface area contributed by atoms with Crippen LogP contribution in [0.15, 0.2) is 59.0 Å². The Kier molecular flexibility index (Phi) is 11.0. The van der Waals surface area contributed by atoms with Crippen molar-refractivity contribution in [3.63, 3.8) is 0 Å². The van der Waals surface area contributed by atoms with Crippen molar-refractivity contribution >= 4 is 23.6 Å². The summed E-state index contributed by atoms with van der Waals surface area (Å²) in [6.45, 7) is 4.55. The second-order valence-corrected chi connectivity index (χ2v) is 8.81. The zero-order valence-electron chi connectivity index (χ0n) is 20.1. The van der Waals surface area contributed by atoms with Crippen LogP contribution in [-0.4, -0.2) is 29.9 Å². The molecular weight excluding hydrogens is 445 g/mol. The van der Waals surface area contributed by atoms with Crippen molar-refractivity contribution in [2.45, 2.75) is 39.5 Å². The number of aliphatic carboxylic acids is 1. The molecule has 3 aromatic rings. The van der Waals surface area contributed by atoms with Gasteiger partial charge in [0.15, 0.2) is 0 Å². The molecule has 0 saturated carbocycles. The third-order valence-corrected chi connectivity index (χ3v) is 5.92. The molecule has 0 spiro atoms. The minimum Gasteiger partial charge on any atom is -0.548 e. The predicted octanol–water partition coefficient (Wildman–Crippen LogP) is 0.886. The van der Waals surface area contributed by atoms with Crippen molar-refractivity contribution in [2.75, 3.05) is 12.0 Å². The van der Waals surface area contributed by atoms with Crippen LogP contribution in [0.25, 0.3) is 11.1 Å². The summed E-state index contributed by atoms with van der Waals surface area (Å²) in [5.74, 6) is 0.462. The van der Waals surface area contributed by atoms with E-state index in [0.717, 1.165) is 33.8 Å². The summed E-state index contributed by atoms with van der Waals surface area (Å²) >= 11 is 1.52. The van der Waals surface area contributed by atoms with Crippen molar-refractivity contribution < 1.29 is 42.7 Å². The average molecular weight is 474 g/mol. The molecule has 0 unspecified atom stereocenters. The van der Waals surface area contributed by atoms with Crippen LogP contribution in [-0.2, 0) is 22.7 Å². The molecule has 0 fully saturated rings. The quantitative estimate of drug-likeness (QED) is 0.416. The first-order chi connectivity index (χ1) is 15.9. The van der Waals surface area contributed by atoms with Crippen LogP contribution in [0.2, 0.25) is 0 Å². The topological polar surface area (TPSA) is 91.6 Å². The van der Waals surface area contributed by atoms with E-state index in [-0.39, 0.29) is 18.9 Å². The van der Waals surface area contributed by atoms with E-state index in [1.165, 1.54) is 11.8 Å². The summed E-state index contributed by atoms with van der Waals surface area (Å²) < 4.78 is 11.3. The summed E-state index contributed by atoms with van der Waals surface area (Å²) in [5, 5.41) is 14.1. The van der Waals surface area contributed by atoms with E-state index in [2.05, 4.69) is 5.32 Å². The van der Waals surface area contributed by atoms with Gasteiger partial charge < -0.3 is 24.4 Å². The molecule has 0 radical (unpaired) electrons. The third kappa shape index (κ3) is 7.54. The minimum atomic E-state index is -1.28. The number of furan rings is 1. The Hall–Kier alpha value is -2.43. The molecule has 0 aliphatic carbocycles. The number of carboxylic acid groups (broad SMARTS) is 1. The molecule has 0 saturated heterocycles. The largest absolute Gasteiger partial charge is 1.00 e. The first-order valence-electron chi connectivity index (χ1n) is 10.7. The maximum atomic E-state index is 13.1.